The molecule has 2 unspecified atom stereocenters. The van der Waals surface area contributed by atoms with Crippen molar-refractivity contribution in [1.29, 1.82) is 0 Å². The van der Waals surface area contributed by atoms with E-state index in [1.54, 1.807) is 0 Å². The number of ether oxygens (including phenoxy) is 3. The van der Waals surface area contributed by atoms with Crippen LogP contribution in [0.1, 0.15) is 60.8 Å². The van der Waals surface area contributed by atoms with Crippen LogP contribution in [-0.2, 0) is 27.8 Å². The number of rotatable bonds is 10. The third-order valence-electron chi connectivity index (χ3n) is 5.08. The molecule has 1 aliphatic heterocycles. The second kappa shape index (κ2) is 9.84. The Hall–Kier alpha value is -0.0500. The molecule has 0 aromatic carbocycles. The monoisotopic (exact) mass is 424 g/mol. The van der Waals surface area contributed by atoms with E-state index in [4.69, 9.17) is 23.3 Å². The van der Waals surface area contributed by atoms with Gasteiger partial charge < -0.3 is 24.2 Å². The molecule has 1 aliphatic carbocycles. The molecule has 0 spiro atoms. The molecule has 166 valence electrons. The van der Waals surface area contributed by atoms with Crippen LogP contribution in [0.3, 0.4) is 0 Å². The molecule has 0 bridgehead atoms. The number of hydrogen-bond donors (Lipinski definition) is 2. The van der Waals surface area contributed by atoms with Crippen LogP contribution < -0.4 is 0 Å². The molecule has 7 atom stereocenters. The minimum Gasteiger partial charge on any atom is -0.385 e. The minimum atomic E-state index is -4.38. The molecule has 0 radical (unpaired) electrons. The highest BCUT2D eigenvalue weighted by atomic mass is 31.2. The van der Waals surface area contributed by atoms with E-state index in [2.05, 4.69) is 0 Å². The molecule has 2 N–H and O–H groups in total. The molecule has 2 fully saturated rings. The summed E-state index contributed by atoms with van der Waals surface area (Å²) in [5.41, 5.74) is -1.31. The molecule has 2 rings (SSSR count). The highest BCUT2D eigenvalue weighted by Gasteiger charge is 2.49. The third kappa shape index (κ3) is 7.03. The molecule has 28 heavy (non-hydrogen) atoms. The first-order chi connectivity index (χ1) is 12.9. The lowest BCUT2D eigenvalue weighted by Crippen LogP contribution is -2.44. The van der Waals surface area contributed by atoms with E-state index >= 15 is 0 Å². The summed E-state index contributed by atoms with van der Waals surface area (Å²) < 4.78 is 40.3. The summed E-state index contributed by atoms with van der Waals surface area (Å²) in [6.07, 6.45) is 0.0972. The van der Waals surface area contributed by atoms with Crippen LogP contribution in [0.15, 0.2) is 0 Å². The fourth-order valence-electron chi connectivity index (χ4n) is 3.93. The maximum atomic E-state index is 12.5. The smallest absolute Gasteiger partial charge is 0.385 e. The predicted molar refractivity (Wildman–Crippen MR) is 104 cm³/mol. The Bertz CT molecular complexity index is 542. The van der Waals surface area contributed by atoms with Gasteiger partial charge in [0, 0.05) is 6.42 Å². The van der Waals surface area contributed by atoms with Crippen molar-refractivity contribution in [2.45, 2.75) is 103 Å². The summed E-state index contributed by atoms with van der Waals surface area (Å²) in [7, 11) is -4.38. The van der Waals surface area contributed by atoms with Gasteiger partial charge >= 0.3 is 7.82 Å². The zero-order valence-corrected chi connectivity index (χ0v) is 18.8. The van der Waals surface area contributed by atoms with Crippen LogP contribution in [0.5, 0.6) is 0 Å². The number of phosphoric ester groups is 1. The Balaban J connectivity index is 1.93. The molecule has 1 saturated heterocycles. The maximum absolute atomic E-state index is 12.5. The highest BCUT2D eigenvalue weighted by molar-refractivity contribution is 7.47. The average molecular weight is 424 g/mol. The SMILES string of the molecule is CC(C)OC[C@@]1(O)C[C@@H](C)C[C@H]1OP(=O)(O)OCC1O[C@@H](C)C[C@H]1OC(C)C. The van der Waals surface area contributed by atoms with Gasteiger partial charge in [-0.25, -0.2) is 4.57 Å². The topological polar surface area (TPSA) is 104 Å². The Morgan fingerprint density at radius 3 is 2.46 bits per heavy atom. The molecule has 0 amide bonds. The van der Waals surface area contributed by atoms with E-state index in [0.29, 0.717) is 19.3 Å². The van der Waals surface area contributed by atoms with Crippen molar-refractivity contribution in [1.82, 2.24) is 0 Å². The second-order valence-electron chi connectivity index (χ2n) is 8.81. The van der Waals surface area contributed by atoms with Gasteiger partial charge in [0.1, 0.15) is 17.8 Å². The van der Waals surface area contributed by atoms with Crippen molar-refractivity contribution in [3.05, 3.63) is 0 Å². The van der Waals surface area contributed by atoms with Crippen LogP contribution in [0.25, 0.3) is 0 Å². The maximum Gasteiger partial charge on any atom is 0.472 e. The summed E-state index contributed by atoms with van der Waals surface area (Å²) in [6, 6.07) is 0. The molecule has 9 heteroatoms. The quantitative estimate of drug-likeness (QED) is 0.516. The first kappa shape index (κ1) is 24.2. The molecular formula is C19H37O8P. The van der Waals surface area contributed by atoms with Crippen molar-refractivity contribution >= 4 is 7.82 Å². The van der Waals surface area contributed by atoms with Gasteiger partial charge in [0.2, 0.25) is 0 Å². The van der Waals surface area contributed by atoms with E-state index in [-0.39, 0.29) is 43.5 Å². The van der Waals surface area contributed by atoms with Gasteiger partial charge in [0.25, 0.3) is 0 Å². The van der Waals surface area contributed by atoms with E-state index in [0.717, 1.165) is 0 Å². The summed E-state index contributed by atoms with van der Waals surface area (Å²) in [5, 5.41) is 10.9. The second-order valence-corrected chi connectivity index (χ2v) is 10.2. The zero-order chi connectivity index (χ0) is 21.1. The van der Waals surface area contributed by atoms with Gasteiger partial charge in [-0.3, -0.25) is 9.05 Å². The molecule has 1 saturated carbocycles. The Morgan fingerprint density at radius 1 is 1.18 bits per heavy atom. The Kier molecular flexibility index (Phi) is 8.51. The molecule has 0 aromatic heterocycles. The van der Waals surface area contributed by atoms with Crippen LogP contribution in [-0.4, -0.2) is 65.4 Å². The van der Waals surface area contributed by atoms with Gasteiger partial charge in [-0.2, -0.15) is 0 Å². The Morgan fingerprint density at radius 2 is 1.86 bits per heavy atom. The van der Waals surface area contributed by atoms with Gasteiger partial charge in [0.05, 0.1) is 37.6 Å². The summed E-state index contributed by atoms with van der Waals surface area (Å²) in [4.78, 5) is 10.2. The zero-order valence-electron chi connectivity index (χ0n) is 17.9. The number of hydrogen-bond acceptors (Lipinski definition) is 7. The van der Waals surface area contributed by atoms with Crippen molar-refractivity contribution < 1.29 is 37.8 Å². The van der Waals surface area contributed by atoms with E-state index in [1.807, 2.05) is 41.5 Å². The van der Waals surface area contributed by atoms with E-state index in [9.17, 15) is 14.6 Å². The third-order valence-corrected chi connectivity index (χ3v) is 6.08. The van der Waals surface area contributed by atoms with Crippen LogP contribution in [0.2, 0.25) is 0 Å². The molecule has 2 aliphatic rings. The fraction of sp³-hybridized carbons (Fsp3) is 1.00. The molecule has 8 nitrogen and oxygen atoms in total. The van der Waals surface area contributed by atoms with Crippen molar-refractivity contribution in [2.24, 2.45) is 5.92 Å². The summed E-state index contributed by atoms with van der Waals surface area (Å²) >= 11 is 0. The lowest BCUT2D eigenvalue weighted by Gasteiger charge is -2.31. The first-order valence-electron chi connectivity index (χ1n) is 10.2. The molecule has 1 heterocycles. The molecule has 0 aromatic rings. The van der Waals surface area contributed by atoms with E-state index < -0.39 is 25.6 Å². The minimum absolute atomic E-state index is 0.00898. The normalized spacial score (nSPS) is 38.4. The van der Waals surface area contributed by atoms with Gasteiger partial charge in [0.15, 0.2) is 0 Å². The van der Waals surface area contributed by atoms with Crippen molar-refractivity contribution in [3.8, 4) is 0 Å². The van der Waals surface area contributed by atoms with Gasteiger partial charge in [-0.05, 0) is 53.4 Å². The lowest BCUT2D eigenvalue weighted by atomic mass is 10.0. The van der Waals surface area contributed by atoms with Crippen LogP contribution >= 0.6 is 7.82 Å². The van der Waals surface area contributed by atoms with Crippen LogP contribution in [0.4, 0.5) is 0 Å². The highest BCUT2D eigenvalue weighted by Crippen LogP contribution is 2.51. The first-order valence-corrected chi connectivity index (χ1v) is 11.7. The fourth-order valence-corrected chi connectivity index (χ4v) is 4.93. The van der Waals surface area contributed by atoms with E-state index in [1.165, 1.54) is 0 Å². The standard InChI is InChI=1S/C19H37O8P/c1-12(2)23-11-19(20)9-14(5)7-18(19)27-28(21,22)24-10-17-16(25-13(3)4)8-15(6)26-17/h12-18,20H,7-11H2,1-6H3,(H,21,22)/t14-,15-,16+,17?,18+,19-/m0/s1. The number of aliphatic hydroxyl groups is 1. The predicted octanol–water partition coefficient (Wildman–Crippen LogP) is 3.05. The average Bonchev–Trinajstić information content (AvgIpc) is 3.02. The largest absolute Gasteiger partial charge is 0.472 e. The van der Waals surface area contributed by atoms with Crippen molar-refractivity contribution in [3.63, 3.8) is 0 Å². The van der Waals surface area contributed by atoms with Crippen molar-refractivity contribution in [2.75, 3.05) is 13.2 Å². The van der Waals surface area contributed by atoms with Gasteiger partial charge in [-0.15, -0.1) is 0 Å². The molecular weight excluding hydrogens is 387 g/mol. The van der Waals surface area contributed by atoms with Gasteiger partial charge in [-0.1, -0.05) is 6.92 Å². The van der Waals surface area contributed by atoms with Crippen LogP contribution in [0, 0.1) is 5.92 Å². The number of phosphoric acid groups is 1. The summed E-state index contributed by atoms with van der Waals surface area (Å²) in [5.74, 6) is 0.147. The Labute approximate surface area is 168 Å². The lowest BCUT2D eigenvalue weighted by molar-refractivity contribution is -0.115. The summed E-state index contributed by atoms with van der Waals surface area (Å²) in [6.45, 7) is 11.4.